The molecule has 0 aliphatic carbocycles. The summed E-state index contributed by atoms with van der Waals surface area (Å²) in [7, 11) is 0. The van der Waals surface area contributed by atoms with Crippen LogP contribution in [0.2, 0.25) is 0 Å². The first-order valence-corrected chi connectivity index (χ1v) is 6.78. The van der Waals surface area contributed by atoms with Crippen LogP contribution in [0, 0.1) is 0 Å². The molecular formula is C15H20F3NO3. The van der Waals surface area contributed by atoms with E-state index in [-0.39, 0.29) is 24.3 Å². The summed E-state index contributed by atoms with van der Waals surface area (Å²) in [5.74, 6) is -1.49. The van der Waals surface area contributed by atoms with Crippen molar-refractivity contribution in [1.29, 1.82) is 0 Å². The summed E-state index contributed by atoms with van der Waals surface area (Å²) in [5.41, 5.74) is 5.17. The first kappa shape index (κ1) is 18.3. The van der Waals surface area contributed by atoms with Crippen LogP contribution < -0.4 is 10.5 Å². The maximum atomic E-state index is 12.4. The summed E-state index contributed by atoms with van der Waals surface area (Å²) in [6.07, 6.45) is -4.92. The van der Waals surface area contributed by atoms with Gasteiger partial charge in [-0.15, -0.1) is 13.2 Å². The molecular weight excluding hydrogens is 299 g/mol. The third-order valence-electron chi connectivity index (χ3n) is 2.70. The SMILES string of the molecule is CC(C)(C)OC(=O)CC(CN)c1ccccc1OC(F)(F)F. The summed E-state index contributed by atoms with van der Waals surface area (Å²) in [6.45, 7) is 5.13. The van der Waals surface area contributed by atoms with Gasteiger partial charge in [-0.2, -0.15) is 0 Å². The molecule has 0 heterocycles. The average Bonchev–Trinajstić information content (AvgIpc) is 2.33. The van der Waals surface area contributed by atoms with Gasteiger partial charge in [-0.05, 0) is 38.9 Å². The van der Waals surface area contributed by atoms with E-state index in [9.17, 15) is 18.0 Å². The van der Waals surface area contributed by atoms with Crippen molar-refractivity contribution >= 4 is 5.97 Å². The molecule has 7 heteroatoms. The molecule has 0 aliphatic heterocycles. The molecule has 1 aromatic carbocycles. The van der Waals surface area contributed by atoms with Crippen LogP contribution in [0.4, 0.5) is 13.2 Å². The summed E-state index contributed by atoms with van der Waals surface area (Å²) in [6, 6.07) is 5.64. The second-order valence-corrected chi connectivity index (χ2v) is 5.81. The molecule has 0 saturated carbocycles. The molecule has 22 heavy (non-hydrogen) atoms. The Bertz CT molecular complexity index is 509. The summed E-state index contributed by atoms with van der Waals surface area (Å²) in [5, 5.41) is 0. The standard InChI is InChI=1S/C15H20F3NO3/c1-14(2,3)22-13(20)8-10(9-19)11-6-4-5-7-12(11)21-15(16,17)18/h4-7,10H,8-9,19H2,1-3H3. The predicted molar refractivity (Wildman–Crippen MR) is 75.4 cm³/mol. The topological polar surface area (TPSA) is 61.5 Å². The fourth-order valence-electron chi connectivity index (χ4n) is 1.94. The van der Waals surface area contributed by atoms with Gasteiger partial charge in [0.15, 0.2) is 0 Å². The molecule has 0 saturated heterocycles. The van der Waals surface area contributed by atoms with E-state index in [0.29, 0.717) is 0 Å². The average molecular weight is 319 g/mol. The highest BCUT2D eigenvalue weighted by molar-refractivity contribution is 5.71. The van der Waals surface area contributed by atoms with Gasteiger partial charge in [-0.25, -0.2) is 0 Å². The van der Waals surface area contributed by atoms with Crippen LogP contribution in [0.1, 0.15) is 38.7 Å². The third kappa shape index (κ3) is 6.34. The van der Waals surface area contributed by atoms with Crippen molar-refractivity contribution in [2.24, 2.45) is 5.73 Å². The van der Waals surface area contributed by atoms with E-state index < -0.39 is 23.9 Å². The van der Waals surface area contributed by atoms with Crippen LogP contribution in [-0.2, 0) is 9.53 Å². The van der Waals surface area contributed by atoms with E-state index in [1.165, 1.54) is 18.2 Å². The number of benzene rings is 1. The first-order valence-electron chi connectivity index (χ1n) is 6.78. The smallest absolute Gasteiger partial charge is 0.460 e. The van der Waals surface area contributed by atoms with Crippen molar-refractivity contribution in [3.05, 3.63) is 29.8 Å². The Labute approximate surface area is 127 Å². The van der Waals surface area contributed by atoms with Gasteiger partial charge in [0.2, 0.25) is 0 Å². The van der Waals surface area contributed by atoms with Crippen LogP contribution in [0.15, 0.2) is 24.3 Å². The normalized spacial score (nSPS) is 13.6. The predicted octanol–water partition coefficient (Wildman–Crippen LogP) is 3.36. The van der Waals surface area contributed by atoms with E-state index in [2.05, 4.69) is 4.74 Å². The van der Waals surface area contributed by atoms with E-state index in [0.717, 1.165) is 0 Å². The minimum atomic E-state index is -4.80. The molecule has 4 nitrogen and oxygen atoms in total. The number of carbonyl (C=O) groups excluding carboxylic acids is 1. The van der Waals surface area contributed by atoms with Crippen LogP contribution in [0.25, 0.3) is 0 Å². The Morgan fingerprint density at radius 2 is 1.82 bits per heavy atom. The monoisotopic (exact) mass is 319 g/mol. The molecule has 1 unspecified atom stereocenters. The lowest BCUT2D eigenvalue weighted by molar-refractivity contribution is -0.275. The third-order valence-corrected chi connectivity index (χ3v) is 2.70. The van der Waals surface area contributed by atoms with Gasteiger partial charge >= 0.3 is 12.3 Å². The van der Waals surface area contributed by atoms with Crippen LogP contribution in [0.5, 0.6) is 5.75 Å². The minimum Gasteiger partial charge on any atom is -0.460 e. The minimum absolute atomic E-state index is 0.00251. The van der Waals surface area contributed by atoms with Crippen LogP contribution >= 0.6 is 0 Å². The Morgan fingerprint density at radius 3 is 2.32 bits per heavy atom. The molecule has 124 valence electrons. The highest BCUT2D eigenvalue weighted by Crippen LogP contribution is 2.32. The maximum absolute atomic E-state index is 12.4. The maximum Gasteiger partial charge on any atom is 0.573 e. The largest absolute Gasteiger partial charge is 0.573 e. The van der Waals surface area contributed by atoms with Crippen molar-refractivity contribution in [1.82, 2.24) is 0 Å². The van der Waals surface area contributed by atoms with Crippen molar-refractivity contribution in [3.63, 3.8) is 0 Å². The number of rotatable bonds is 5. The fourth-order valence-corrected chi connectivity index (χ4v) is 1.94. The Kier molecular flexibility index (Phi) is 5.82. The lowest BCUT2D eigenvalue weighted by Gasteiger charge is -2.23. The van der Waals surface area contributed by atoms with E-state index >= 15 is 0 Å². The Balaban J connectivity index is 2.93. The lowest BCUT2D eigenvalue weighted by atomic mass is 9.95. The molecule has 0 bridgehead atoms. The van der Waals surface area contributed by atoms with Crippen molar-refractivity contribution in [2.45, 2.75) is 45.1 Å². The number of para-hydroxylation sites is 1. The summed E-state index contributed by atoms with van der Waals surface area (Å²) < 4.78 is 46.5. The number of nitrogens with two attached hydrogens (primary N) is 1. The van der Waals surface area contributed by atoms with Gasteiger partial charge < -0.3 is 15.2 Å². The molecule has 0 spiro atoms. The number of ether oxygens (including phenoxy) is 2. The molecule has 1 atom stereocenters. The molecule has 1 rings (SSSR count). The first-order chi connectivity index (χ1) is 10.0. The Morgan fingerprint density at radius 1 is 1.23 bits per heavy atom. The molecule has 1 aromatic rings. The van der Waals surface area contributed by atoms with Gasteiger partial charge in [0.1, 0.15) is 11.4 Å². The molecule has 0 aromatic heterocycles. The quantitative estimate of drug-likeness (QED) is 0.845. The molecule has 0 aliphatic rings. The van der Waals surface area contributed by atoms with Gasteiger partial charge in [-0.3, -0.25) is 4.79 Å². The van der Waals surface area contributed by atoms with Gasteiger partial charge in [-0.1, -0.05) is 18.2 Å². The van der Waals surface area contributed by atoms with Gasteiger partial charge in [0.05, 0.1) is 6.42 Å². The zero-order chi connectivity index (χ0) is 17.0. The van der Waals surface area contributed by atoms with Crippen molar-refractivity contribution < 1.29 is 27.4 Å². The highest BCUT2D eigenvalue weighted by atomic mass is 19.4. The molecule has 2 N–H and O–H groups in total. The number of hydrogen-bond acceptors (Lipinski definition) is 4. The zero-order valence-corrected chi connectivity index (χ0v) is 12.7. The van der Waals surface area contributed by atoms with E-state index in [1.54, 1.807) is 26.8 Å². The zero-order valence-electron chi connectivity index (χ0n) is 12.7. The second-order valence-electron chi connectivity index (χ2n) is 5.81. The van der Waals surface area contributed by atoms with Crippen LogP contribution in [0.3, 0.4) is 0 Å². The molecule has 0 radical (unpaired) electrons. The van der Waals surface area contributed by atoms with Gasteiger partial charge in [0.25, 0.3) is 0 Å². The number of carbonyl (C=O) groups is 1. The van der Waals surface area contributed by atoms with Crippen molar-refractivity contribution in [3.8, 4) is 5.75 Å². The summed E-state index contributed by atoms with van der Waals surface area (Å²) >= 11 is 0. The molecule has 0 fully saturated rings. The number of alkyl halides is 3. The van der Waals surface area contributed by atoms with Crippen molar-refractivity contribution in [2.75, 3.05) is 6.54 Å². The second kappa shape index (κ2) is 7.00. The number of hydrogen-bond donors (Lipinski definition) is 1. The van der Waals surface area contributed by atoms with E-state index in [1.807, 2.05) is 0 Å². The van der Waals surface area contributed by atoms with E-state index in [4.69, 9.17) is 10.5 Å². The highest BCUT2D eigenvalue weighted by Gasteiger charge is 2.33. The molecule has 0 amide bonds. The Hall–Kier alpha value is -1.76. The number of esters is 1. The fraction of sp³-hybridized carbons (Fsp3) is 0.533. The van der Waals surface area contributed by atoms with Gasteiger partial charge in [0, 0.05) is 5.92 Å². The summed E-state index contributed by atoms with van der Waals surface area (Å²) in [4.78, 5) is 11.9. The lowest BCUT2D eigenvalue weighted by Crippen LogP contribution is -2.27. The van der Waals surface area contributed by atoms with Crippen LogP contribution in [-0.4, -0.2) is 24.5 Å². The number of halogens is 3.